The van der Waals surface area contributed by atoms with Crippen LogP contribution in [0.4, 0.5) is 10.6 Å². The van der Waals surface area contributed by atoms with Gasteiger partial charge in [0.15, 0.2) is 5.82 Å². The van der Waals surface area contributed by atoms with E-state index in [2.05, 4.69) is 32.5 Å². The number of fused-ring (bicyclic) bond motifs is 1. The number of amides is 2. The van der Waals surface area contributed by atoms with Crippen molar-refractivity contribution in [1.29, 1.82) is 0 Å². The maximum atomic E-state index is 12.7. The number of urea groups is 1. The third-order valence-electron chi connectivity index (χ3n) is 6.45. The molecule has 1 aliphatic heterocycles. The van der Waals surface area contributed by atoms with Crippen molar-refractivity contribution in [2.75, 3.05) is 37.6 Å². The van der Waals surface area contributed by atoms with Gasteiger partial charge in [0, 0.05) is 37.7 Å². The van der Waals surface area contributed by atoms with Gasteiger partial charge in [-0.2, -0.15) is 10.2 Å². The van der Waals surface area contributed by atoms with Gasteiger partial charge in [-0.15, -0.1) is 5.10 Å². The number of anilines is 1. The maximum absolute atomic E-state index is 12.7. The fourth-order valence-electron chi connectivity index (χ4n) is 4.55. The lowest BCUT2D eigenvalue weighted by Crippen LogP contribution is -2.52. The van der Waals surface area contributed by atoms with Gasteiger partial charge < -0.3 is 15.1 Å². The molecule has 1 N–H and O–H groups in total. The molecule has 180 valence electrons. The van der Waals surface area contributed by atoms with Crippen LogP contribution in [0.15, 0.2) is 54.6 Å². The van der Waals surface area contributed by atoms with E-state index in [0.717, 1.165) is 40.2 Å². The molecule has 5 rings (SSSR count). The van der Waals surface area contributed by atoms with Gasteiger partial charge in [0.05, 0.1) is 22.5 Å². The van der Waals surface area contributed by atoms with Crippen LogP contribution in [0, 0.1) is 13.8 Å². The molecule has 2 aromatic heterocycles. The molecule has 2 aromatic carbocycles. The lowest BCUT2D eigenvalue weighted by molar-refractivity contribution is 0.194. The zero-order valence-electron chi connectivity index (χ0n) is 19.9. The standard InChI is InChI=1S/C26H28ClN7O/c1-18-23-19(2)34(22-10-8-21(27)9-11-22)31-24(23)25(30-29-18)32-14-16-33(17-15-32)26(35)28-13-12-20-6-4-3-5-7-20/h3-11H,12-17H2,1-2H3,(H,28,35). The number of piperazine rings is 1. The van der Waals surface area contributed by atoms with Gasteiger partial charge in [-0.1, -0.05) is 41.9 Å². The molecule has 35 heavy (non-hydrogen) atoms. The van der Waals surface area contributed by atoms with E-state index in [-0.39, 0.29) is 6.03 Å². The Hall–Kier alpha value is -3.65. The Balaban J connectivity index is 1.28. The molecule has 0 unspecified atom stereocenters. The highest BCUT2D eigenvalue weighted by molar-refractivity contribution is 6.30. The molecule has 1 fully saturated rings. The average molecular weight is 490 g/mol. The number of hydrogen-bond donors (Lipinski definition) is 1. The summed E-state index contributed by atoms with van der Waals surface area (Å²) >= 11 is 6.07. The van der Waals surface area contributed by atoms with Crippen molar-refractivity contribution >= 4 is 34.4 Å². The molecule has 3 heterocycles. The van der Waals surface area contributed by atoms with Gasteiger partial charge in [0.1, 0.15) is 5.52 Å². The highest BCUT2D eigenvalue weighted by Crippen LogP contribution is 2.30. The van der Waals surface area contributed by atoms with Crippen molar-refractivity contribution in [3.05, 3.63) is 76.6 Å². The van der Waals surface area contributed by atoms with Crippen molar-refractivity contribution in [3.63, 3.8) is 0 Å². The molecule has 0 atom stereocenters. The quantitative estimate of drug-likeness (QED) is 0.455. The van der Waals surface area contributed by atoms with Crippen LogP contribution in [-0.2, 0) is 6.42 Å². The summed E-state index contributed by atoms with van der Waals surface area (Å²) in [4.78, 5) is 16.7. The van der Waals surface area contributed by atoms with Crippen molar-refractivity contribution < 1.29 is 4.79 Å². The second-order valence-electron chi connectivity index (χ2n) is 8.75. The Bertz CT molecular complexity index is 1330. The number of halogens is 1. The molecule has 4 aromatic rings. The molecule has 0 radical (unpaired) electrons. The molecule has 9 heteroatoms. The van der Waals surface area contributed by atoms with Crippen LogP contribution >= 0.6 is 11.6 Å². The largest absolute Gasteiger partial charge is 0.350 e. The maximum Gasteiger partial charge on any atom is 0.317 e. The molecule has 0 bridgehead atoms. The molecule has 8 nitrogen and oxygen atoms in total. The summed E-state index contributed by atoms with van der Waals surface area (Å²) in [6.45, 7) is 7.19. The summed E-state index contributed by atoms with van der Waals surface area (Å²) in [7, 11) is 0. The van der Waals surface area contributed by atoms with E-state index >= 15 is 0 Å². The Kier molecular flexibility index (Phi) is 6.55. The predicted molar refractivity (Wildman–Crippen MR) is 138 cm³/mol. The molecule has 0 aliphatic carbocycles. The third-order valence-corrected chi connectivity index (χ3v) is 6.71. The van der Waals surface area contributed by atoms with Gasteiger partial charge in [0.25, 0.3) is 0 Å². The zero-order chi connectivity index (χ0) is 24.4. The van der Waals surface area contributed by atoms with Crippen LogP contribution in [-0.4, -0.2) is 63.6 Å². The number of aryl methyl sites for hydroxylation is 2. The van der Waals surface area contributed by atoms with Crippen molar-refractivity contribution in [2.24, 2.45) is 0 Å². The first-order chi connectivity index (χ1) is 17.0. The van der Waals surface area contributed by atoms with E-state index in [4.69, 9.17) is 16.7 Å². The van der Waals surface area contributed by atoms with E-state index in [1.54, 1.807) is 0 Å². The molecule has 1 aliphatic rings. The summed E-state index contributed by atoms with van der Waals surface area (Å²) in [5.41, 5.74) is 4.83. The van der Waals surface area contributed by atoms with Crippen LogP contribution in [0.5, 0.6) is 0 Å². The number of nitrogens with zero attached hydrogens (tertiary/aromatic N) is 6. The van der Waals surface area contributed by atoms with Crippen LogP contribution in [0.1, 0.15) is 17.0 Å². The van der Waals surface area contributed by atoms with Crippen molar-refractivity contribution in [1.82, 2.24) is 30.2 Å². The summed E-state index contributed by atoms with van der Waals surface area (Å²) in [5.74, 6) is 0.755. The molecular formula is C26H28ClN7O. The SMILES string of the molecule is Cc1nnc(N2CCN(C(=O)NCCc3ccccc3)CC2)c2nn(-c3ccc(Cl)cc3)c(C)c12. The summed E-state index contributed by atoms with van der Waals surface area (Å²) in [6.07, 6.45) is 0.819. The lowest BCUT2D eigenvalue weighted by atomic mass is 10.1. The minimum absolute atomic E-state index is 0.0245. The highest BCUT2D eigenvalue weighted by atomic mass is 35.5. The van der Waals surface area contributed by atoms with Gasteiger partial charge in [-0.05, 0) is 50.1 Å². The number of nitrogens with one attached hydrogen (secondary N) is 1. The summed E-state index contributed by atoms with van der Waals surface area (Å²) < 4.78 is 1.91. The number of aromatic nitrogens is 4. The Morgan fingerprint density at radius 1 is 0.971 bits per heavy atom. The van der Waals surface area contributed by atoms with Gasteiger partial charge in [-0.25, -0.2) is 9.48 Å². The van der Waals surface area contributed by atoms with Crippen molar-refractivity contribution in [2.45, 2.75) is 20.3 Å². The van der Waals surface area contributed by atoms with E-state index < -0.39 is 0 Å². The van der Waals surface area contributed by atoms with E-state index in [0.29, 0.717) is 37.7 Å². The molecule has 0 saturated carbocycles. The first-order valence-electron chi connectivity index (χ1n) is 11.8. The number of hydrogen-bond acceptors (Lipinski definition) is 5. The smallest absolute Gasteiger partial charge is 0.317 e. The monoisotopic (exact) mass is 489 g/mol. The number of benzene rings is 2. The number of rotatable bonds is 5. The third kappa shape index (κ3) is 4.79. The van der Waals surface area contributed by atoms with Gasteiger partial charge in [-0.3, -0.25) is 0 Å². The number of carbonyl (C=O) groups is 1. The van der Waals surface area contributed by atoms with E-state index in [9.17, 15) is 4.79 Å². The topological polar surface area (TPSA) is 79.2 Å². The molecule has 2 amide bonds. The van der Waals surface area contributed by atoms with E-state index in [1.807, 2.05) is 65.9 Å². The second kappa shape index (κ2) is 9.92. The van der Waals surface area contributed by atoms with Crippen molar-refractivity contribution in [3.8, 4) is 5.69 Å². The fourth-order valence-corrected chi connectivity index (χ4v) is 4.68. The number of carbonyl (C=O) groups excluding carboxylic acids is 1. The van der Waals surface area contributed by atoms with Crippen LogP contribution < -0.4 is 10.2 Å². The highest BCUT2D eigenvalue weighted by Gasteiger charge is 2.26. The fraction of sp³-hybridized carbons (Fsp3) is 0.308. The van der Waals surface area contributed by atoms with Crippen LogP contribution in [0.25, 0.3) is 16.6 Å². The first kappa shape index (κ1) is 23.1. The summed E-state index contributed by atoms with van der Waals surface area (Å²) in [6, 6.07) is 17.8. The lowest BCUT2D eigenvalue weighted by Gasteiger charge is -2.35. The zero-order valence-corrected chi connectivity index (χ0v) is 20.7. The van der Waals surface area contributed by atoms with Crippen LogP contribution in [0.3, 0.4) is 0 Å². The Morgan fingerprint density at radius 2 is 1.69 bits per heavy atom. The average Bonchev–Trinajstić information content (AvgIpc) is 3.23. The predicted octanol–water partition coefficient (Wildman–Crippen LogP) is 4.16. The molecule has 0 spiro atoms. The minimum atomic E-state index is -0.0245. The minimum Gasteiger partial charge on any atom is -0.350 e. The van der Waals surface area contributed by atoms with Crippen LogP contribution in [0.2, 0.25) is 5.02 Å². The Labute approximate surface area is 209 Å². The second-order valence-corrected chi connectivity index (χ2v) is 9.18. The van der Waals surface area contributed by atoms with Gasteiger partial charge >= 0.3 is 6.03 Å². The molecular weight excluding hydrogens is 462 g/mol. The van der Waals surface area contributed by atoms with E-state index in [1.165, 1.54) is 5.56 Å². The Morgan fingerprint density at radius 3 is 2.40 bits per heavy atom. The summed E-state index contributed by atoms with van der Waals surface area (Å²) in [5, 5.41) is 18.6. The molecule has 1 saturated heterocycles. The normalized spacial score (nSPS) is 13.9. The first-order valence-corrected chi connectivity index (χ1v) is 12.2. The van der Waals surface area contributed by atoms with Gasteiger partial charge in [0.2, 0.25) is 0 Å².